The zero-order valence-corrected chi connectivity index (χ0v) is 20.3. The SMILES string of the molecule is COc1cc2ccccc2c(C)c1CCNc1cc(-c2ccc(CC(=O)O)c(SC)c2)ncn1. The van der Waals surface area contributed by atoms with Gasteiger partial charge in [0.1, 0.15) is 17.9 Å². The average molecular weight is 474 g/mol. The van der Waals surface area contributed by atoms with Crippen molar-refractivity contribution in [3.8, 4) is 17.0 Å². The molecule has 0 bridgehead atoms. The number of ether oxygens (including phenoxy) is 1. The van der Waals surface area contributed by atoms with Gasteiger partial charge in [0.15, 0.2) is 0 Å². The number of benzene rings is 3. The molecule has 1 heterocycles. The lowest BCUT2D eigenvalue weighted by molar-refractivity contribution is -0.136. The zero-order valence-electron chi connectivity index (χ0n) is 19.5. The molecule has 4 aromatic rings. The van der Waals surface area contributed by atoms with Gasteiger partial charge in [-0.2, -0.15) is 0 Å². The fourth-order valence-electron chi connectivity index (χ4n) is 4.17. The van der Waals surface area contributed by atoms with Crippen LogP contribution in [0.2, 0.25) is 0 Å². The third-order valence-electron chi connectivity index (χ3n) is 5.89. The first kappa shape index (κ1) is 23.6. The minimum absolute atomic E-state index is 0.00465. The molecule has 0 aliphatic carbocycles. The Kier molecular flexibility index (Phi) is 7.33. The first-order valence-corrected chi connectivity index (χ1v) is 12.2. The Bertz CT molecular complexity index is 1340. The number of nitrogens with zero attached hydrogens (tertiary/aromatic N) is 2. The lowest BCUT2D eigenvalue weighted by Gasteiger charge is -2.15. The highest BCUT2D eigenvalue weighted by Gasteiger charge is 2.12. The average Bonchev–Trinajstić information content (AvgIpc) is 2.85. The number of rotatable bonds is 9. The van der Waals surface area contributed by atoms with Gasteiger partial charge in [-0.1, -0.05) is 36.4 Å². The Morgan fingerprint density at radius 1 is 1.12 bits per heavy atom. The zero-order chi connectivity index (χ0) is 24.1. The minimum atomic E-state index is -0.838. The summed E-state index contributed by atoms with van der Waals surface area (Å²) in [5.41, 5.74) is 4.92. The Balaban J connectivity index is 1.51. The van der Waals surface area contributed by atoms with Crippen molar-refractivity contribution in [1.29, 1.82) is 0 Å². The number of hydrogen-bond acceptors (Lipinski definition) is 6. The van der Waals surface area contributed by atoms with Crippen LogP contribution < -0.4 is 10.1 Å². The summed E-state index contributed by atoms with van der Waals surface area (Å²) in [7, 11) is 1.71. The number of fused-ring (bicyclic) bond motifs is 1. The van der Waals surface area contributed by atoms with Gasteiger partial charge in [-0.25, -0.2) is 9.97 Å². The molecule has 34 heavy (non-hydrogen) atoms. The minimum Gasteiger partial charge on any atom is -0.496 e. The summed E-state index contributed by atoms with van der Waals surface area (Å²) in [6.45, 7) is 2.83. The number of hydrogen-bond donors (Lipinski definition) is 2. The van der Waals surface area contributed by atoms with E-state index in [0.717, 1.165) is 39.7 Å². The molecule has 0 saturated carbocycles. The first-order chi connectivity index (χ1) is 16.5. The van der Waals surface area contributed by atoms with Crippen molar-refractivity contribution >= 4 is 34.3 Å². The number of methoxy groups -OCH3 is 1. The number of carboxylic acids is 1. The number of aryl methyl sites for hydroxylation is 1. The standard InChI is InChI=1S/C27H27N3O3S/c1-17-21-7-5-4-6-18(21)12-24(33-2)22(17)10-11-28-26-15-23(29-16-30-26)19-8-9-20(14-27(31)32)25(13-19)34-3/h4-9,12-13,15-16H,10-11,14H2,1-3H3,(H,31,32)(H,28,29,30). The van der Waals surface area contributed by atoms with Crippen molar-refractivity contribution in [3.05, 3.63) is 77.6 Å². The van der Waals surface area contributed by atoms with Crippen LogP contribution in [0.5, 0.6) is 5.75 Å². The topological polar surface area (TPSA) is 84.3 Å². The Labute approximate surface area is 203 Å². The van der Waals surface area contributed by atoms with Gasteiger partial charge in [0, 0.05) is 23.1 Å². The lowest BCUT2D eigenvalue weighted by Crippen LogP contribution is -2.09. The molecule has 0 radical (unpaired) electrons. The number of carbonyl (C=O) groups is 1. The van der Waals surface area contributed by atoms with Crippen molar-refractivity contribution in [1.82, 2.24) is 9.97 Å². The van der Waals surface area contributed by atoms with Crippen LogP contribution in [0, 0.1) is 6.92 Å². The second-order valence-electron chi connectivity index (χ2n) is 7.97. The fraction of sp³-hybridized carbons (Fsp3) is 0.222. The van der Waals surface area contributed by atoms with Crippen molar-refractivity contribution in [2.45, 2.75) is 24.7 Å². The van der Waals surface area contributed by atoms with E-state index < -0.39 is 5.97 Å². The molecule has 4 rings (SSSR count). The maximum absolute atomic E-state index is 11.1. The molecule has 0 saturated heterocycles. The van der Waals surface area contributed by atoms with E-state index in [4.69, 9.17) is 9.84 Å². The van der Waals surface area contributed by atoms with Gasteiger partial charge >= 0.3 is 5.97 Å². The van der Waals surface area contributed by atoms with Gasteiger partial charge in [-0.15, -0.1) is 11.8 Å². The number of thioether (sulfide) groups is 1. The van der Waals surface area contributed by atoms with Crippen molar-refractivity contribution in [3.63, 3.8) is 0 Å². The predicted octanol–water partition coefficient (Wildman–Crippen LogP) is 5.62. The summed E-state index contributed by atoms with van der Waals surface area (Å²) in [6.07, 6.45) is 4.29. The summed E-state index contributed by atoms with van der Waals surface area (Å²) in [6, 6.07) is 18.1. The predicted molar refractivity (Wildman–Crippen MR) is 138 cm³/mol. The largest absolute Gasteiger partial charge is 0.496 e. The van der Waals surface area contributed by atoms with E-state index in [1.54, 1.807) is 13.4 Å². The van der Waals surface area contributed by atoms with E-state index in [0.29, 0.717) is 6.54 Å². The van der Waals surface area contributed by atoms with Crippen LogP contribution >= 0.6 is 11.8 Å². The molecular weight excluding hydrogens is 446 g/mol. The molecule has 0 aliphatic rings. The summed E-state index contributed by atoms with van der Waals surface area (Å²) >= 11 is 1.53. The van der Waals surface area contributed by atoms with Gasteiger partial charge in [-0.05, 0) is 59.2 Å². The molecule has 174 valence electrons. The summed E-state index contributed by atoms with van der Waals surface area (Å²) < 4.78 is 5.68. The van der Waals surface area contributed by atoms with Crippen LogP contribution in [0.4, 0.5) is 5.82 Å². The quantitative estimate of drug-likeness (QED) is 0.305. The molecule has 2 N–H and O–H groups in total. The highest BCUT2D eigenvalue weighted by molar-refractivity contribution is 7.98. The van der Waals surface area contributed by atoms with Crippen molar-refractivity contribution in [2.24, 2.45) is 0 Å². The van der Waals surface area contributed by atoms with E-state index >= 15 is 0 Å². The highest BCUT2D eigenvalue weighted by Crippen LogP contribution is 2.31. The molecule has 7 heteroatoms. The van der Waals surface area contributed by atoms with E-state index in [-0.39, 0.29) is 6.42 Å². The van der Waals surface area contributed by atoms with E-state index in [1.165, 1.54) is 33.7 Å². The van der Waals surface area contributed by atoms with Gasteiger partial charge < -0.3 is 15.2 Å². The van der Waals surface area contributed by atoms with Crippen LogP contribution in [0.25, 0.3) is 22.0 Å². The van der Waals surface area contributed by atoms with E-state index in [1.807, 2.05) is 36.6 Å². The number of aliphatic carboxylic acids is 1. The van der Waals surface area contributed by atoms with E-state index in [2.05, 4.69) is 46.5 Å². The number of aromatic nitrogens is 2. The lowest BCUT2D eigenvalue weighted by atomic mass is 9.97. The molecule has 0 aliphatic heterocycles. The maximum Gasteiger partial charge on any atom is 0.307 e. The summed E-state index contributed by atoms with van der Waals surface area (Å²) in [5, 5.41) is 14.9. The molecule has 6 nitrogen and oxygen atoms in total. The first-order valence-electron chi connectivity index (χ1n) is 11.0. The summed E-state index contributed by atoms with van der Waals surface area (Å²) in [4.78, 5) is 20.9. The monoisotopic (exact) mass is 473 g/mol. The molecule has 0 fully saturated rings. The Hall–Kier alpha value is -3.58. The molecular formula is C27H27N3O3S. The smallest absolute Gasteiger partial charge is 0.307 e. The van der Waals surface area contributed by atoms with Gasteiger partial charge in [0.2, 0.25) is 0 Å². The number of carboxylic acid groups (broad SMARTS) is 1. The molecule has 0 unspecified atom stereocenters. The van der Waals surface area contributed by atoms with Crippen molar-refractivity contribution in [2.75, 3.05) is 25.2 Å². The second kappa shape index (κ2) is 10.6. The molecule has 0 amide bonds. The van der Waals surface area contributed by atoms with Gasteiger partial charge in [-0.3, -0.25) is 4.79 Å². The van der Waals surface area contributed by atoms with Crippen LogP contribution in [-0.2, 0) is 17.6 Å². The number of anilines is 1. The summed E-state index contributed by atoms with van der Waals surface area (Å²) in [5.74, 6) is 0.796. The molecule has 0 spiro atoms. The molecule has 0 atom stereocenters. The Morgan fingerprint density at radius 3 is 2.71 bits per heavy atom. The second-order valence-corrected chi connectivity index (χ2v) is 8.81. The van der Waals surface area contributed by atoms with Crippen LogP contribution in [-0.4, -0.2) is 41.0 Å². The van der Waals surface area contributed by atoms with Crippen molar-refractivity contribution < 1.29 is 14.6 Å². The highest BCUT2D eigenvalue weighted by atomic mass is 32.2. The van der Waals surface area contributed by atoms with Crippen LogP contribution in [0.15, 0.2) is 65.8 Å². The maximum atomic E-state index is 11.1. The fourth-order valence-corrected chi connectivity index (χ4v) is 4.82. The third-order valence-corrected chi connectivity index (χ3v) is 6.71. The van der Waals surface area contributed by atoms with Crippen LogP contribution in [0.3, 0.4) is 0 Å². The van der Waals surface area contributed by atoms with Gasteiger partial charge in [0.05, 0.1) is 19.2 Å². The third kappa shape index (κ3) is 5.15. The normalized spacial score (nSPS) is 10.9. The van der Waals surface area contributed by atoms with Crippen LogP contribution in [0.1, 0.15) is 16.7 Å². The van der Waals surface area contributed by atoms with E-state index in [9.17, 15) is 4.79 Å². The molecule has 1 aromatic heterocycles. The van der Waals surface area contributed by atoms with Gasteiger partial charge in [0.25, 0.3) is 0 Å². The Morgan fingerprint density at radius 2 is 1.94 bits per heavy atom. The molecule has 3 aromatic carbocycles. The number of nitrogens with one attached hydrogen (secondary N) is 1.